The molecule has 0 spiro atoms. The Morgan fingerprint density at radius 1 is 1.38 bits per heavy atom. The maximum Gasteiger partial charge on any atom is 0.438 e. The van der Waals surface area contributed by atoms with E-state index in [4.69, 9.17) is 32.9 Å². The average molecular weight is 338 g/mol. The highest BCUT2D eigenvalue weighted by atomic mass is 35.5. The van der Waals surface area contributed by atoms with E-state index in [1.807, 2.05) is 0 Å². The van der Waals surface area contributed by atoms with E-state index in [1.54, 1.807) is 6.07 Å². The van der Waals surface area contributed by atoms with Crippen LogP contribution >= 0.6 is 23.2 Å². The highest BCUT2D eigenvalue weighted by molar-refractivity contribution is 6.37. The van der Waals surface area contributed by atoms with Gasteiger partial charge in [-0.1, -0.05) is 23.2 Å². The molecule has 0 atom stereocenters. The Hall–Kier alpha value is -1.98. The second-order valence-corrected chi connectivity index (χ2v) is 4.56. The van der Waals surface area contributed by atoms with E-state index in [1.165, 1.54) is 0 Å². The third-order valence-corrected chi connectivity index (χ3v) is 3.14. The lowest BCUT2D eigenvalue weighted by Gasteiger charge is -2.12. The quantitative estimate of drug-likeness (QED) is 0.842. The second kappa shape index (κ2) is 5.42. The fourth-order valence-electron chi connectivity index (χ4n) is 1.56. The van der Waals surface area contributed by atoms with Crippen LogP contribution in [0.4, 0.5) is 13.2 Å². The standard InChI is InChI=1S/C11H4Cl2F3N3O2/c12-6-2-1-5(8(13)7(6)11(14,15)16)9-18-19(4-3-17)10(20)21-9/h1-2H,4H2. The molecule has 0 bridgehead atoms. The zero-order valence-electron chi connectivity index (χ0n) is 9.91. The summed E-state index contributed by atoms with van der Waals surface area (Å²) in [4.78, 5) is 11.4. The zero-order valence-corrected chi connectivity index (χ0v) is 11.4. The van der Waals surface area contributed by atoms with Crippen LogP contribution in [0.1, 0.15) is 5.56 Å². The Balaban J connectivity index is 2.64. The van der Waals surface area contributed by atoms with Crippen molar-refractivity contribution in [3.05, 3.63) is 38.3 Å². The number of halogens is 5. The van der Waals surface area contributed by atoms with Crippen LogP contribution in [0.15, 0.2) is 21.3 Å². The van der Waals surface area contributed by atoms with Crippen molar-refractivity contribution in [3.63, 3.8) is 0 Å². The number of alkyl halides is 3. The van der Waals surface area contributed by atoms with Crippen molar-refractivity contribution in [1.29, 1.82) is 5.26 Å². The number of hydrogen-bond donors (Lipinski definition) is 0. The molecule has 0 saturated heterocycles. The van der Waals surface area contributed by atoms with Crippen LogP contribution in [0, 0.1) is 11.3 Å². The minimum atomic E-state index is -4.78. The van der Waals surface area contributed by atoms with Gasteiger partial charge in [0.05, 0.1) is 27.2 Å². The summed E-state index contributed by atoms with van der Waals surface area (Å²) in [6.45, 7) is -0.403. The SMILES string of the molecule is N#CCn1nc(-c2ccc(Cl)c(C(F)(F)F)c2Cl)oc1=O. The summed E-state index contributed by atoms with van der Waals surface area (Å²) in [5.41, 5.74) is -1.50. The predicted octanol–water partition coefficient (Wildman–Crippen LogP) is 3.35. The normalized spacial score (nSPS) is 11.4. The third-order valence-electron chi connectivity index (χ3n) is 2.43. The van der Waals surface area contributed by atoms with E-state index in [2.05, 4.69) is 5.10 Å². The predicted molar refractivity (Wildman–Crippen MR) is 66.8 cm³/mol. The summed E-state index contributed by atoms with van der Waals surface area (Å²) in [6, 6.07) is 3.76. The van der Waals surface area contributed by atoms with E-state index >= 15 is 0 Å². The Morgan fingerprint density at radius 2 is 2.05 bits per heavy atom. The van der Waals surface area contributed by atoms with Crippen LogP contribution in [0.3, 0.4) is 0 Å². The summed E-state index contributed by atoms with van der Waals surface area (Å²) >= 11 is 11.2. The molecule has 0 unspecified atom stereocenters. The van der Waals surface area contributed by atoms with Gasteiger partial charge in [0.25, 0.3) is 5.89 Å². The summed E-state index contributed by atoms with van der Waals surface area (Å²) in [5, 5.41) is 10.8. The highest BCUT2D eigenvalue weighted by Crippen LogP contribution is 2.43. The smallest absolute Gasteiger partial charge is 0.388 e. The molecule has 1 aromatic heterocycles. The molecular weight excluding hydrogens is 334 g/mol. The zero-order chi connectivity index (χ0) is 15.8. The van der Waals surface area contributed by atoms with Crippen molar-refractivity contribution in [2.24, 2.45) is 0 Å². The molecule has 110 valence electrons. The average Bonchev–Trinajstić information content (AvgIpc) is 2.69. The molecule has 0 aliphatic carbocycles. The van der Waals surface area contributed by atoms with Crippen LogP contribution in [-0.4, -0.2) is 9.78 Å². The molecular formula is C11H4Cl2F3N3O2. The van der Waals surface area contributed by atoms with Crippen molar-refractivity contribution in [1.82, 2.24) is 9.78 Å². The molecule has 0 aliphatic heterocycles. The summed E-state index contributed by atoms with van der Waals surface area (Å²) in [5.74, 6) is -1.41. The van der Waals surface area contributed by atoms with Gasteiger partial charge in [-0.25, -0.2) is 4.79 Å². The lowest BCUT2D eigenvalue weighted by Crippen LogP contribution is -2.14. The first-order valence-corrected chi connectivity index (χ1v) is 6.01. The minimum Gasteiger partial charge on any atom is -0.388 e. The summed E-state index contributed by atoms with van der Waals surface area (Å²) in [6.07, 6.45) is -4.78. The van der Waals surface area contributed by atoms with Crippen molar-refractivity contribution in [2.75, 3.05) is 0 Å². The van der Waals surface area contributed by atoms with Crippen LogP contribution in [0.25, 0.3) is 11.5 Å². The molecule has 2 rings (SSSR count). The van der Waals surface area contributed by atoms with Crippen LogP contribution in [0.2, 0.25) is 10.0 Å². The maximum atomic E-state index is 12.9. The molecule has 2 aromatic rings. The number of benzene rings is 1. The van der Waals surface area contributed by atoms with Crippen LogP contribution in [-0.2, 0) is 12.7 Å². The molecule has 21 heavy (non-hydrogen) atoms. The Kier molecular flexibility index (Phi) is 3.98. The first kappa shape index (κ1) is 15.4. The van der Waals surface area contributed by atoms with Gasteiger partial charge in [0.1, 0.15) is 6.54 Å². The molecule has 0 aliphatic rings. The van der Waals surface area contributed by atoms with E-state index in [-0.39, 0.29) is 5.56 Å². The highest BCUT2D eigenvalue weighted by Gasteiger charge is 2.37. The van der Waals surface area contributed by atoms with Crippen molar-refractivity contribution < 1.29 is 17.6 Å². The van der Waals surface area contributed by atoms with E-state index in [0.29, 0.717) is 4.68 Å². The van der Waals surface area contributed by atoms with Gasteiger partial charge in [-0.15, -0.1) is 5.10 Å². The lowest BCUT2D eigenvalue weighted by atomic mass is 10.1. The molecule has 10 heteroatoms. The van der Waals surface area contributed by atoms with Crippen molar-refractivity contribution in [3.8, 4) is 17.5 Å². The van der Waals surface area contributed by atoms with E-state index in [9.17, 15) is 18.0 Å². The first-order valence-electron chi connectivity index (χ1n) is 5.26. The maximum absolute atomic E-state index is 12.9. The number of rotatable bonds is 2. The van der Waals surface area contributed by atoms with Gasteiger partial charge in [0, 0.05) is 0 Å². The number of aromatic nitrogens is 2. The van der Waals surface area contributed by atoms with E-state index < -0.39 is 40.0 Å². The van der Waals surface area contributed by atoms with Gasteiger partial charge < -0.3 is 4.42 Å². The lowest BCUT2D eigenvalue weighted by molar-refractivity contribution is -0.137. The summed E-state index contributed by atoms with van der Waals surface area (Å²) < 4.78 is 44.0. The molecule has 5 nitrogen and oxygen atoms in total. The van der Waals surface area contributed by atoms with Gasteiger partial charge in [0.2, 0.25) is 0 Å². The molecule has 0 saturated carbocycles. The first-order chi connectivity index (χ1) is 9.75. The van der Waals surface area contributed by atoms with Crippen LogP contribution < -0.4 is 5.76 Å². The molecule has 0 N–H and O–H groups in total. The Labute approximate surface area is 125 Å². The van der Waals surface area contributed by atoms with Gasteiger partial charge in [-0.2, -0.15) is 23.1 Å². The molecule has 0 radical (unpaired) electrons. The fraction of sp³-hybridized carbons (Fsp3) is 0.182. The Morgan fingerprint density at radius 3 is 2.62 bits per heavy atom. The van der Waals surface area contributed by atoms with Gasteiger partial charge in [-0.05, 0) is 12.1 Å². The number of nitrogens with zero attached hydrogens (tertiary/aromatic N) is 3. The number of nitriles is 1. The molecule has 1 heterocycles. The van der Waals surface area contributed by atoms with Gasteiger partial charge in [-0.3, -0.25) is 0 Å². The molecule has 0 amide bonds. The van der Waals surface area contributed by atoms with Crippen LogP contribution in [0.5, 0.6) is 0 Å². The molecule has 0 fully saturated rings. The summed E-state index contributed by atoms with van der Waals surface area (Å²) in [7, 11) is 0. The third kappa shape index (κ3) is 2.89. The largest absolute Gasteiger partial charge is 0.438 e. The van der Waals surface area contributed by atoms with Crippen molar-refractivity contribution in [2.45, 2.75) is 12.7 Å². The Bertz CT molecular complexity index is 789. The van der Waals surface area contributed by atoms with Gasteiger partial charge >= 0.3 is 11.9 Å². The van der Waals surface area contributed by atoms with E-state index in [0.717, 1.165) is 12.1 Å². The minimum absolute atomic E-state index is 0.248. The number of hydrogen-bond acceptors (Lipinski definition) is 4. The van der Waals surface area contributed by atoms with Gasteiger partial charge in [0.15, 0.2) is 0 Å². The second-order valence-electron chi connectivity index (χ2n) is 3.77. The topological polar surface area (TPSA) is 71.8 Å². The van der Waals surface area contributed by atoms with Crippen molar-refractivity contribution >= 4 is 23.2 Å². The monoisotopic (exact) mass is 337 g/mol. The molecule has 1 aromatic carbocycles. The fourth-order valence-corrected chi connectivity index (χ4v) is 2.23.